The molecular formula is C23H25NO2. The van der Waals surface area contributed by atoms with Gasteiger partial charge >= 0.3 is 0 Å². The van der Waals surface area contributed by atoms with E-state index < -0.39 is 6.10 Å². The van der Waals surface area contributed by atoms with Crippen LogP contribution in [0, 0.1) is 0 Å². The van der Waals surface area contributed by atoms with E-state index in [9.17, 15) is 4.79 Å². The number of anilines is 1. The summed E-state index contributed by atoms with van der Waals surface area (Å²) in [7, 11) is 0. The van der Waals surface area contributed by atoms with Crippen molar-refractivity contribution in [2.45, 2.75) is 39.2 Å². The fourth-order valence-electron chi connectivity index (χ4n) is 3.04. The van der Waals surface area contributed by atoms with Crippen LogP contribution in [-0.4, -0.2) is 12.0 Å². The molecule has 3 aromatic carbocycles. The van der Waals surface area contributed by atoms with E-state index in [0.29, 0.717) is 5.92 Å². The van der Waals surface area contributed by atoms with Gasteiger partial charge in [0.15, 0.2) is 6.10 Å². The Hall–Kier alpha value is -2.81. The van der Waals surface area contributed by atoms with Crippen LogP contribution in [0.2, 0.25) is 0 Å². The van der Waals surface area contributed by atoms with Crippen LogP contribution >= 0.6 is 0 Å². The Morgan fingerprint density at radius 2 is 1.65 bits per heavy atom. The summed E-state index contributed by atoms with van der Waals surface area (Å²) in [5.41, 5.74) is 2.01. The molecule has 0 radical (unpaired) electrons. The molecule has 0 aromatic heterocycles. The van der Waals surface area contributed by atoms with Crippen molar-refractivity contribution in [2.24, 2.45) is 0 Å². The van der Waals surface area contributed by atoms with E-state index >= 15 is 0 Å². The first-order chi connectivity index (χ1) is 12.6. The SMILES string of the molecule is CC[C@H](C)c1ccccc1NC(=O)[C@H](C)Oc1cccc2ccccc12. The minimum atomic E-state index is -0.592. The van der Waals surface area contributed by atoms with Crippen LogP contribution in [0.1, 0.15) is 38.7 Å². The zero-order chi connectivity index (χ0) is 18.5. The second-order valence-corrected chi connectivity index (χ2v) is 6.62. The number of hydrogen-bond donors (Lipinski definition) is 1. The number of amides is 1. The van der Waals surface area contributed by atoms with E-state index in [1.54, 1.807) is 6.92 Å². The molecular weight excluding hydrogens is 322 g/mol. The topological polar surface area (TPSA) is 38.3 Å². The van der Waals surface area contributed by atoms with E-state index in [-0.39, 0.29) is 5.91 Å². The number of benzene rings is 3. The van der Waals surface area contributed by atoms with Gasteiger partial charge in [-0.2, -0.15) is 0 Å². The van der Waals surface area contributed by atoms with Crippen molar-refractivity contribution in [1.29, 1.82) is 0 Å². The molecule has 0 saturated carbocycles. The number of nitrogens with one attached hydrogen (secondary N) is 1. The summed E-state index contributed by atoms with van der Waals surface area (Å²) in [5, 5.41) is 5.14. The van der Waals surface area contributed by atoms with Crippen LogP contribution in [0.3, 0.4) is 0 Å². The molecule has 3 rings (SSSR count). The zero-order valence-corrected chi connectivity index (χ0v) is 15.5. The number of rotatable bonds is 6. The standard InChI is InChI=1S/C23H25NO2/c1-4-16(2)19-12-7-8-14-21(19)24-23(25)17(3)26-22-15-9-11-18-10-5-6-13-20(18)22/h5-17H,4H2,1-3H3,(H,24,25)/t16-,17-/m0/s1. The Morgan fingerprint density at radius 3 is 2.46 bits per heavy atom. The molecule has 0 bridgehead atoms. The summed E-state index contributed by atoms with van der Waals surface area (Å²) in [6.07, 6.45) is 0.431. The zero-order valence-electron chi connectivity index (χ0n) is 15.5. The predicted octanol–water partition coefficient (Wildman–Crippen LogP) is 5.76. The van der Waals surface area contributed by atoms with Gasteiger partial charge in [-0.3, -0.25) is 4.79 Å². The molecule has 1 amide bonds. The second-order valence-electron chi connectivity index (χ2n) is 6.62. The van der Waals surface area contributed by atoms with E-state index in [0.717, 1.165) is 34.2 Å². The van der Waals surface area contributed by atoms with Crippen molar-refractivity contribution in [3.05, 3.63) is 72.3 Å². The maximum atomic E-state index is 12.7. The maximum Gasteiger partial charge on any atom is 0.265 e. The van der Waals surface area contributed by atoms with Gasteiger partial charge < -0.3 is 10.1 Å². The molecule has 0 saturated heterocycles. The maximum absolute atomic E-state index is 12.7. The highest BCUT2D eigenvalue weighted by molar-refractivity contribution is 5.95. The lowest BCUT2D eigenvalue weighted by atomic mass is 9.97. The molecule has 1 N–H and O–H groups in total. The molecule has 0 aliphatic heterocycles. The van der Waals surface area contributed by atoms with E-state index in [2.05, 4.69) is 25.2 Å². The smallest absolute Gasteiger partial charge is 0.265 e. The average Bonchev–Trinajstić information content (AvgIpc) is 2.68. The minimum absolute atomic E-state index is 0.145. The normalized spacial score (nSPS) is 13.2. The largest absolute Gasteiger partial charge is 0.480 e. The molecule has 0 aliphatic rings. The predicted molar refractivity (Wildman–Crippen MR) is 108 cm³/mol. The first-order valence-electron chi connectivity index (χ1n) is 9.14. The quantitative estimate of drug-likeness (QED) is 0.616. The molecule has 3 heteroatoms. The number of hydrogen-bond acceptors (Lipinski definition) is 2. The van der Waals surface area contributed by atoms with E-state index in [4.69, 9.17) is 4.74 Å². The van der Waals surface area contributed by atoms with Gasteiger partial charge in [-0.15, -0.1) is 0 Å². The minimum Gasteiger partial charge on any atom is -0.480 e. The van der Waals surface area contributed by atoms with Crippen molar-refractivity contribution in [3.63, 3.8) is 0 Å². The Labute approximate surface area is 155 Å². The Balaban J connectivity index is 1.77. The third-order valence-corrected chi connectivity index (χ3v) is 4.78. The number of ether oxygens (including phenoxy) is 1. The lowest BCUT2D eigenvalue weighted by Gasteiger charge is -2.19. The monoisotopic (exact) mass is 347 g/mol. The lowest BCUT2D eigenvalue weighted by molar-refractivity contribution is -0.122. The van der Waals surface area contributed by atoms with Gasteiger partial charge in [-0.1, -0.05) is 68.4 Å². The fourth-order valence-corrected chi connectivity index (χ4v) is 3.04. The summed E-state index contributed by atoms with van der Waals surface area (Å²) in [5.74, 6) is 0.968. The Morgan fingerprint density at radius 1 is 0.962 bits per heavy atom. The summed E-state index contributed by atoms with van der Waals surface area (Å²) in [4.78, 5) is 12.7. The van der Waals surface area contributed by atoms with Crippen LogP contribution in [0.4, 0.5) is 5.69 Å². The number of para-hydroxylation sites is 1. The third kappa shape index (κ3) is 3.88. The van der Waals surface area contributed by atoms with Crippen LogP contribution in [0.5, 0.6) is 5.75 Å². The van der Waals surface area contributed by atoms with Gasteiger partial charge in [0, 0.05) is 11.1 Å². The van der Waals surface area contributed by atoms with Gasteiger partial charge in [0.2, 0.25) is 0 Å². The van der Waals surface area contributed by atoms with Gasteiger partial charge in [-0.25, -0.2) is 0 Å². The van der Waals surface area contributed by atoms with Crippen LogP contribution < -0.4 is 10.1 Å². The highest BCUT2D eigenvalue weighted by atomic mass is 16.5. The Kier molecular flexibility index (Phi) is 5.57. The van der Waals surface area contributed by atoms with Gasteiger partial charge in [0.25, 0.3) is 5.91 Å². The molecule has 2 atom stereocenters. The molecule has 0 spiro atoms. The molecule has 3 nitrogen and oxygen atoms in total. The summed E-state index contributed by atoms with van der Waals surface area (Å²) in [6, 6.07) is 21.9. The first kappa shape index (κ1) is 18.0. The van der Waals surface area contributed by atoms with Crippen molar-refractivity contribution >= 4 is 22.4 Å². The number of fused-ring (bicyclic) bond motifs is 1. The molecule has 0 fully saturated rings. The van der Waals surface area contributed by atoms with Crippen LogP contribution in [0.25, 0.3) is 10.8 Å². The van der Waals surface area contributed by atoms with Crippen molar-refractivity contribution in [3.8, 4) is 5.75 Å². The van der Waals surface area contributed by atoms with Gasteiger partial charge in [0.1, 0.15) is 5.75 Å². The summed E-state index contributed by atoms with van der Waals surface area (Å²) < 4.78 is 5.98. The number of carbonyl (C=O) groups excluding carboxylic acids is 1. The molecule has 0 heterocycles. The molecule has 26 heavy (non-hydrogen) atoms. The summed E-state index contributed by atoms with van der Waals surface area (Å²) in [6.45, 7) is 6.10. The molecule has 0 aliphatic carbocycles. The van der Waals surface area contributed by atoms with Crippen molar-refractivity contribution in [1.82, 2.24) is 0 Å². The number of carbonyl (C=O) groups is 1. The first-order valence-corrected chi connectivity index (χ1v) is 9.14. The van der Waals surface area contributed by atoms with E-state index in [1.165, 1.54) is 0 Å². The van der Waals surface area contributed by atoms with Gasteiger partial charge in [0.05, 0.1) is 0 Å². The fraction of sp³-hybridized carbons (Fsp3) is 0.261. The average molecular weight is 347 g/mol. The second kappa shape index (κ2) is 8.05. The van der Waals surface area contributed by atoms with Crippen LogP contribution in [0.15, 0.2) is 66.7 Å². The lowest BCUT2D eigenvalue weighted by Crippen LogP contribution is -2.30. The van der Waals surface area contributed by atoms with Crippen molar-refractivity contribution < 1.29 is 9.53 Å². The van der Waals surface area contributed by atoms with E-state index in [1.807, 2.05) is 60.7 Å². The molecule has 134 valence electrons. The third-order valence-electron chi connectivity index (χ3n) is 4.78. The Bertz CT molecular complexity index is 898. The molecule has 3 aromatic rings. The highest BCUT2D eigenvalue weighted by Gasteiger charge is 2.18. The van der Waals surface area contributed by atoms with Crippen LogP contribution in [-0.2, 0) is 4.79 Å². The molecule has 0 unspecified atom stereocenters. The van der Waals surface area contributed by atoms with Crippen molar-refractivity contribution in [2.75, 3.05) is 5.32 Å². The highest BCUT2D eigenvalue weighted by Crippen LogP contribution is 2.28. The van der Waals surface area contributed by atoms with Gasteiger partial charge in [-0.05, 0) is 42.3 Å². The summed E-state index contributed by atoms with van der Waals surface area (Å²) >= 11 is 0.